The Morgan fingerprint density at radius 3 is 2.37 bits per heavy atom. The fourth-order valence-corrected chi connectivity index (χ4v) is 4.12. The van der Waals surface area contributed by atoms with Crippen molar-refractivity contribution < 1.29 is 9.90 Å². The van der Waals surface area contributed by atoms with Gasteiger partial charge in [0, 0.05) is 22.2 Å². The minimum atomic E-state index is -0.834. The van der Waals surface area contributed by atoms with E-state index in [9.17, 15) is 9.90 Å². The van der Waals surface area contributed by atoms with E-state index in [1.165, 1.54) is 0 Å². The number of carboxylic acids is 1. The summed E-state index contributed by atoms with van der Waals surface area (Å²) in [6.07, 6.45) is 0.510. The van der Waals surface area contributed by atoms with Gasteiger partial charge in [-0.3, -0.25) is 4.79 Å². The molecular weight excluding hydrogens is 374 g/mol. The maximum absolute atomic E-state index is 12.4. The lowest BCUT2D eigenvalue weighted by Gasteiger charge is -2.26. The Morgan fingerprint density at radius 1 is 1.07 bits per heavy atom. The van der Waals surface area contributed by atoms with Crippen molar-refractivity contribution in [3.05, 3.63) is 65.4 Å². The van der Waals surface area contributed by atoms with E-state index < -0.39 is 11.9 Å². The van der Waals surface area contributed by atoms with Crippen molar-refractivity contribution in [3.8, 4) is 11.3 Å². The molecule has 1 N–H and O–H groups in total. The van der Waals surface area contributed by atoms with Crippen molar-refractivity contribution in [1.82, 2.24) is 14.6 Å². The van der Waals surface area contributed by atoms with Crippen LogP contribution in [0.15, 0.2) is 48.5 Å². The highest BCUT2D eigenvalue weighted by molar-refractivity contribution is 5.94. The Kier molecular flexibility index (Phi) is 4.85. The summed E-state index contributed by atoms with van der Waals surface area (Å²) in [7, 11) is 0. The third kappa shape index (κ3) is 3.56. The molecule has 1 atom stereocenters. The summed E-state index contributed by atoms with van der Waals surface area (Å²) in [4.78, 5) is 17.3. The van der Waals surface area contributed by atoms with E-state index in [0.717, 1.165) is 44.6 Å². The number of rotatable bonds is 4. The molecule has 2 aromatic carbocycles. The summed E-state index contributed by atoms with van der Waals surface area (Å²) in [5.74, 6) is -1.51. The molecule has 5 heteroatoms. The molecule has 0 amide bonds. The minimum absolute atomic E-state index is 0.149. The predicted molar refractivity (Wildman–Crippen MR) is 120 cm³/mol. The Morgan fingerprint density at radius 2 is 1.73 bits per heavy atom. The molecule has 0 saturated heterocycles. The van der Waals surface area contributed by atoms with Crippen LogP contribution in [0.5, 0.6) is 0 Å². The average Bonchev–Trinajstić information content (AvgIpc) is 3.03. The Labute approximate surface area is 176 Å². The van der Waals surface area contributed by atoms with E-state index in [1.807, 2.05) is 66.9 Å². The third-order valence-electron chi connectivity index (χ3n) is 5.47. The molecule has 0 radical (unpaired) electrons. The van der Waals surface area contributed by atoms with Crippen LogP contribution in [-0.2, 0) is 4.79 Å². The molecule has 2 aromatic heterocycles. The maximum atomic E-state index is 12.4. The van der Waals surface area contributed by atoms with Gasteiger partial charge in [-0.15, -0.1) is 0 Å². The molecule has 2 heterocycles. The lowest BCUT2D eigenvalue weighted by atomic mass is 9.79. The predicted octanol–water partition coefficient (Wildman–Crippen LogP) is 5.77. The van der Waals surface area contributed by atoms with Gasteiger partial charge in [-0.05, 0) is 37.8 Å². The van der Waals surface area contributed by atoms with Crippen molar-refractivity contribution in [1.29, 1.82) is 0 Å². The Hall–Kier alpha value is -3.21. The lowest BCUT2D eigenvalue weighted by Crippen LogP contribution is -2.22. The first-order valence-corrected chi connectivity index (χ1v) is 10.2. The normalized spacial score (nSPS) is 13.1. The SMILES string of the molecule is Cc1ccc(-c2c(C(CC(C)(C)C)C(=O)O)c(C)nc3c4ccccc4nn23)cc1. The first-order valence-electron chi connectivity index (χ1n) is 10.2. The van der Waals surface area contributed by atoms with Gasteiger partial charge in [0.15, 0.2) is 5.65 Å². The Bertz CT molecular complexity index is 1250. The monoisotopic (exact) mass is 401 g/mol. The molecule has 5 nitrogen and oxygen atoms in total. The van der Waals surface area contributed by atoms with Crippen LogP contribution in [0, 0.1) is 19.3 Å². The molecule has 0 saturated carbocycles. The van der Waals surface area contributed by atoms with Gasteiger partial charge in [0.25, 0.3) is 0 Å². The number of aliphatic carboxylic acids is 1. The van der Waals surface area contributed by atoms with Gasteiger partial charge in [0.1, 0.15) is 0 Å². The van der Waals surface area contributed by atoms with Crippen LogP contribution < -0.4 is 0 Å². The summed E-state index contributed by atoms with van der Waals surface area (Å²) in [6, 6.07) is 16.1. The summed E-state index contributed by atoms with van der Waals surface area (Å²) >= 11 is 0. The van der Waals surface area contributed by atoms with Gasteiger partial charge in [-0.25, -0.2) is 9.50 Å². The average molecular weight is 402 g/mol. The second-order valence-electron chi connectivity index (χ2n) is 9.23. The highest BCUT2D eigenvalue weighted by Gasteiger charge is 2.32. The molecule has 0 aliphatic rings. The van der Waals surface area contributed by atoms with Crippen LogP contribution in [0.1, 0.15) is 49.9 Å². The number of hydrogen-bond donors (Lipinski definition) is 1. The largest absolute Gasteiger partial charge is 0.481 e. The molecule has 4 rings (SSSR count). The topological polar surface area (TPSA) is 67.5 Å². The third-order valence-corrected chi connectivity index (χ3v) is 5.47. The molecule has 0 bridgehead atoms. The van der Waals surface area contributed by atoms with Crippen LogP contribution in [0.4, 0.5) is 0 Å². The number of aryl methyl sites for hydroxylation is 2. The van der Waals surface area contributed by atoms with Gasteiger partial charge in [0.2, 0.25) is 0 Å². The zero-order valence-corrected chi connectivity index (χ0v) is 18.1. The van der Waals surface area contributed by atoms with E-state index in [4.69, 9.17) is 10.1 Å². The van der Waals surface area contributed by atoms with Crippen molar-refractivity contribution >= 4 is 22.5 Å². The van der Waals surface area contributed by atoms with Crippen LogP contribution >= 0.6 is 0 Å². The number of nitrogens with zero attached hydrogens (tertiary/aromatic N) is 3. The molecule has 0 aliphatic heterocycles. The van der Waals surface area contributed by atoms with Crippen LogP contribution in [0.25, 0.3) is 27.8 Å². The number of benzene rings is 2. The fourth-order valence-electron chi connectivity index (χ4n) is 4.12. The second-order valence-corrected chi connectivity index (χ2v) is 9.23. The van der Waals surface area contributed by atoms with Gasteiger partial charge in [-0.2, -0.15) is 5.10 Å². The quantitative estimate of drug-likeness (QED) is 0.471. The molecule has 1 unspecified atom stereocenters. The molecular formula is C25H27N3O2. The molecule has 0 spiro atoms. The number of aromatic nitrogens is 3. The van der Waals surface area contributed by atoms with Crippen LogP contribution in [0.2, 0.25) is 0 Å². The summed E-state index contributed by atoms with van der Waals surface area (Å²) < 4.78 is 1.83. The summed E-state index contributed by atoms with van der Waals surface area (Å²) in [5.41, 5.74) is 5.83. The van der Waals surface area contributed by atoms with Crippen molar-refractivity contribution in [2.24, 2.45) is 5.41 Å². The first-order chi connectivity index (χ1) is 14.2. The van der Waals surface area contributed by atoms with Crippen molar-refractivity contribution in [2.45, 2.75) is 47.0 Å². The Balaban J connectivity index is 2.12. The lowest BCUT2D eigenvalue weighted by molar-refractivity contribution is -0.139. The van der Waals surface area contributed by atoms with E-state index in [-0.39, 0.29) is 5.41 Å². The molecule has 154 valence electrons. The fraction of sp³-hybridized carbons (Fsp3) is 0.320. The van der Waals surface area contributed by atoms with E-state index in [0.29, 0.717) is 6.42 Å². The van der Waals surface area contributed by atoms with Crippen molar-refractivity contribution in [3.63, 3.8) is 0 Å². The van der Waals surface area contributed by atoms with Gasteiger partial charge in [-0.1, -0.05) is 62.7 Å². The number of carbonyl (C=O) groups is 1. The van der Waals surface area contributed by atoms with Crippen molar-refractivity contribution in [2.75, 3.05) is 0 Å². The molecule has 30 heavy (non-hydrogen) atoms. The first kappa shape index (κ1) is 20.1. The second kappa shape index (κ2) is 7.24. The van der Waals surface area contributed by atoms with Gasteiger partial charge >= 0.3 is 5.97 Å². The number of carboxylic acid groups (broad SMARTS) is 1. The highest BCUT2D eigenvalue weighted by atomic mass is 16.4. The molecule has 0 fully saturated rings. The molecule has 0 aliphatic carbocycles. The van der Waals surface area contributed by atoms with Crippen LogP contribution in [0.3, 0.4) is 0 Å². The smallest absolute Gasteiger partial charge is 0.311 e. The standard InChI is InChI=1S/C25H27N3O2/c1-15-10-12-17(13-11-15)22-21(19(24(29)30)14-25(3,4)5)16(2)26-23-18-8-6-7-9-20(18)27-28(22)23/h6-13,19H,14H2,1-5H3,(H,29,30). The number of hydrogen-bond acceptors (Lipinski definition) is 3. The molecule has 4 aromatic rings. The van der Waals surface area contributed by atoms with E-state index in [2.05, 4.69) is 20.8 Å². The van der Waals surface area contributed by atoms with E-state index >= 15 is 0 Å². The summed E-state index contributed by atoms with van der Waals surface area (Å²) in [6.45, 7) is 10.2. The number of fused-ring (bicyclic) bond motifs is 3. The zero-order valence-electron chi connectivity index (χ0n) is 18.1. The summed E-state index contributed by atoms with van der Waals surface area (Å²) in [5, 5.41) is 16.0. The zero-order chi connectivity index (χ0) is 21.6. The van der Waals surface area contributed by atoms with Gasteiger partial charge in [0.05, 0.1) is 17.1 Å². The highest BCUT2D eigenvalue weighted by Crippen LogP contribution is 2.39. The maximum Gasteiger partial charge on any atom is 0.311 e. The van der Waals surface area contributed by atoms with E-state index in [1.54, 1.807) is 0 Å². The van der Waals surface area contributed by atoms with Crippen LogP contribution in [-0.4, -0.2) is 25.7 Å². The van der Waals surface area contributed by atoms with Gasteiger partial charge < -0.3 is 5.11 Å². The minimum Gasteiger partial charge on any atom is -0.481 e.